The van der Waals surface area contributed by atoms with E-state index in [2.05, 4.69) is 102 Å². The first-order valence-corrected chi connectivity index (χ1v) is 27.8. The Labute approximate surface area is 449 Å². The maximum Gasteiger partial charge on any atom is 0.265 e. The SMILES string of the molecule is COc1ccc(CN2C[C@@H](c3ccccc3C(C)C)N(C3CC4(CCN(c5ccc(C(=O)NSc6cnc(NCC7CCC(C)(O)CC7)c(N(C)[O-])c6)c(Oc6cc7c(F)c[nH]c7nc6OC)c5)CC4)C3)C3CC32)cc1. The van der Waals surface area contributed by atoms with Gasteiger partial charge in [0.2, 0.25) is 0 Å². The van der Waals surface area contributed by atoms with Gasteiger partial charge in [0, 0.05) is 92.0 Å². The number of H-pyrrole nitrogens is 1. The van der Waals surface area contributed by atoms with Gasteiger partial charge in [-0.05, 0) is 148 Å². The van der Waals surface area contributed by atoms with Gasteiger partial charge >= 0.3 is 0 Å². The molecule has 2 unspecified atom stereocenters. The molecule has 3 saturated carbocycles. The van der Waals surface area contributed by atoms with Crippen LogP contribution in [0.15, 0.2) is 96.2 Å². The number of aliphatic hydroxyl groups is 1. The molecule has 4 N–H and O–H groups in total. The van der Waals surface area contributed by atoms with E-state index in [0.717, 1.165) is 93.2 Å². The van der Waals surface area contributed by atoms with Gasteiger partial charge in [-0.15, -0.1) is 0 Å². The quantitative estimate of drug-likeness (QED) is 0.0503. The van der Waals surface area contributed by atoms with Crippen molar-refractivity contribution in [3.05, 3.63) is 125 Å². The molecule has 15 nitrogen and oxygen atoms in total. The molecule has 11 rings (SSSR count). The number of methoxy groups -OCH3 is 2. The lowest BCUT2D eigenvalue weighted by Crippen LogP contribution is -2.60. The largest absolute Gasteiger partial charge is 0.758 e. The minimum absolute atomic E-state index is 0.135. The highest BCUT2D eigenvalue weighted by molar-refractivity contribution is 7.98. The summed E-state index contributed by atoms with van der Waals surface area (Å²) < 4.78 is 35.5. The molecule has 6 aromatic rings. The van der Waals surface area contributed by atoms with Crippen molar-refractivity contribution >= 4 is 46.1 Å². The van der Waals surface area contributed by atoms with Crippen LogP contribution in [-0.2, 0) is 6.54 Å². The number of carbonyl (C=O) groups excluding carboxylic acids is 1. The van der Waals surface area contributed by atoms with Crippen molar-refractivity contribution in [2.75, 3.05) is 62.7 Å². The number of benzene rings is 3. The fourth-order valence-electron chi connectivity index (χ4n) is 12.7. The van der Waals surface area contributed by atoms with E-state index in [0.29, 0.717) is 64.6 Å². The molecule has 2 saturated heterocycles. The van der Waals surface area contributed by atoms with E-state index in [4.69, 9.17) is 14.2 Å². The number of piperidine rings is 1. The van der Waals surface area contributed by atoms with Gasteiger partial charge < -0.3 is 44.8 Å². The molecule has 0 radical (unpaired) electrons. The topological polar surface area (TPSA) is 167 Å². The zero-order valence-electron chi connectivity index (χ0n) is 44.5. The predicted octanol–water partition coefficient (Wildman–Crippen LogP) is 11.2. The minimum atomic E-state index is -0.628. The summed E-state index contributed by atoms with van der Waals surface area (Å²) in [6.45, 7) is 10.8. The maximum atomic E-state index is 14.9. The third kappa shape index (κ3) is 10.8. The molecule has 0 bridgehead atoms. The number of aromatic nitrogens is 3. The molecule has 2 aliphatic heterocycles. The summed E-state index contributed by atoms with van der Waals surface area (Å²) in [6.07, 6.45) is 11.8. The van der Waals surface area contributed by atoms with Crippen LogP contribution in [0, 0.1) is 22.4 Å². The second-order valence-corrected chi connectivity index (χ2v) is 23.5. The predicted molar refractivity (Wildman–Crippen MR) is 297 cm³/mol. The summed E-state index contributed by atoms with van der Waals surface area (Å²) in [7, 11) is 4.61. The van der Waals surface area contributed by atoms with Crippen LogP contribution < -0.4 is 34.2 Å². The Morgan fingerprint density at radius 1 is 0.987 bits per heavy atom. The Morgan fingerprint density at radius 2 is 1.75 bits per heavy atom. The molecule has 1 amide bonds. The number of amides is 1. The van der Waals surface area contributed by atoms with Crippen molar-refractivity contribution in [1.29, 1.82) is 0 Å². The third-order valence-corrected chi connectivity index (χ3v) is 17.9. The van der Waals surface area contributed by atoms with Gasteiger partial charge in [-0.25, -0.2) is 9.37 Å². The smallest absolute Gasteiger partial charge is 0.265 e. The standard InChI is InChI=1S/C59H71FN9O6S/c1-36(2)43-9-7-8-10-44(43)51-35-68(34-38-11-14-41(73-5)15-12-38)48-28-49(48)69(51)40-29-59(30-40)21-23-67(24-22-59)39-13-16-45(52(25-39)75-53-27-46-47(60)33-63-54(46)64-57(53)74-6)56(70)65-76-42-26-50(66(4)72)55(62-32-42)61-31-37-17-19-58(3,71)20-18-37/h7-16,25-27,32-33,36-37,40,48-49,51,71H,17-24,28-31,34-35H2,1-6H3,(H,61,62)(H,63,64)(H,65,70)/q-1/t37?,48?,49?,51-,58?/m0/s1. The Kier molecular flexibility index (Phi) is 14.6. The van der Waals surface area contributed by atoms with Crippen molar-refractivity contribution in [2.45, 2.75) is 126 Å². The van der Waals surface area contributed by atoms with E-state index < -0.39 is 17.3 Å². The van der Waals surface area contributed by atoms with Gasteiger partial charge in [0.05, 0.1) is 36.5 Å². The van der Waals surface area contributed by atoms with Crippen LogP contribution in [0.25, 0.3) is 11.0 Å². The van der Waals surface area contributed by atoms with Crippen LogP contribution in [0.3, 0.4) is 0 Å². The van der Waals surface area contributed by atoms with E-state index in [-0.39, 0.29) is 33.7 Å². The molecule has 3 aliphatic carbocycles. The molecule has 3 aromatic heterocycles. The lowest BCUT2D eigenvalue weighted by molar-refractivity contribution is -0.0661. The first kappa shape index (κ1) is 52.0. The number of hydrogen-bond donors (Lipinski definition) is 4. The zero-order valence-corrected chi connectivity index (χ0v) is 45.3. The first-order chi connectivity index (χ1) is 36.7. The van der Waals surface area contributed by atoms with Gasteiger partial charge in [0.1, 0.15) is 28.8 Å². The molecule has 76 heavy (non-hydrogen) atoms. The van der Waals surface area contributed by atoms with Crippen LogP contribution in [0.4, 0.5) is 21.6 Å². The number of hydroxylamine groups is 1. The van der Waals surface area contributed by atoms with Gasteiger partial charge in [-0.3, -0.25) is 19.3 Å². The molecule has 3 aromatic carbocycles. The third-order valence-electron chi connectivity index (χ3n) is 17.2. The van der Waals surface area contributed by atoms with E-state index in [1.54, 1.807) is 25.4 Å². The molecule has 402 valence electrons. The average molecular weight is 1050 g/mol. The Balaban J connectivity index is 0.788. The number of fused-ring (bicyclic) bond motifs is 2. The fraction of sp³-hybridized carbons (Fsp3) is 0.475. The van der Waals surface area contributed by atoms with E-state index in [1.807, 2.05) is 19.1 Å². The van der Waals surface area contributed by atoms with Crippen molar-refractivity contribution < 1.29 is 28.5 Å². The monoisotopic (exact) mass is 1050 g/mol. The number of aromatic amines is 1. The number of carbonyl (C=O) groups is 1. The van der Waals surface area contributed by atoms with Crippen molar-refractivity contribution in [1.82, 2.24) is 29.5 Å². The number of pyridine rings is 2. The molecule has 1 spiro atoms. The highest BCUT2D eigenvalue weighted by Crippen LogP contribution is 2.57. The minimum Gasteiger partial charge on any atom is -0.758 e. The van der Waals surface area contributed by atoms with Crippen molar-refractivity contribution in [3.8, 4) is 23.1 Å². The molecule has 3 atom stereocenters. The fourth-order valence-corrected chi connectivity index (χ4v) is 13.3. The number of halogens is 1. The van der Waals surface area contributed by atoms with Gasteiger partial charge in [0.15, 0.2) is 5.75 Å². The van der Waals surface area contributed by atoms with Gasteiger partial charge in [0.25, 0.3) is 11.8 Å². The second kappa shape index (κ2) is 21.4. The number of anilines is 3. The average Bonchev–Trinajstić information content (AvgIpc) is 4.18. The van der Waals surface area contributed by atoms with Gasteiger partial charge in [-0.1, -0.05) is 50.2 Å². The maximum absolute atomic E-state index is 14.9. The lowest BCUT2D eigenvalue weighted by Gasteiger charge is -2.58. The summed E-state index contributed by atoms with van der Waals surface area (Å²) in [5.74, 6) is 1.77. The summed E-state index contributed by atoms with van der Waals surface area (Å²) in [4.78, 5) is 34.7. The van der Waals surface area contributed by atoms with Crippen LogP contribution in [0.5, 0.6) is 23.1 Å². The number of rotatable bonds is 17. The lowest BCUT2D eigenvalue weighted by atomic mass is 9.59. The molecule has 5 heterocycles. The normalized spacial score (nSPS) is 23.5. The number of ether oxygens (including phenoxy) is 3. The van der Waals surface area contributed by atoms with Crippen molar-refractivity contribution in [2.24, 2.45) is 11.3 Å². The second-order valence-electron chi connectivity index (χ2n) is 22.6. The first-order valence-electron chi connectivity index (χ1n) is 27.0. The molecule has 5 fully saturated rings. The summed E-state index contributed by atoms with van der Waals surface area (Å²) in [5.41, 5.74) is 5.70. The number of nitrogens with zero attached hydrogens (tertiary/aromatic N) is 6. The van der Waals surface area contributed by atoms with Crippen LogP contribution in [0.2, 0.25) is 0 Å². The molecule has 5 aliphatic rings. The Hall–Kier alpha value is -6.11. The van der Waals surface area contributed by atoms with E-state index in [9.17, 15) is 19.5 Å². The van der Waals surface area contributed by atoms with Crippen LogP contribution in [0.1, 0.15) is 118 Å². The molecular weight excluding hydrogens is 982 g/mol. The molecule has 17 heteroatoms. The highest BCUT2D eigenvalue weighted by Gasteiger charge is 2.59. The summed E-state index contributed by atoms with van der Waals surface area (Å²) in [5, 5.41) is 27.5. The summed E-state index contributed by atoms with van der Waals surface area (Å²) in [6, 6.07) is 28.5. The Morgan fingerprint density at radius 3 is 2.47 bits per heavy atom. The van der Waals surface area contributed by atoms with Crippen molar-refractivity contribution in [3.63, 3.8) is 0 Å². The highest BCUT2D eigenvalue weighted by atomic mass is 32.2. The number of hydrogen-bond acceptors (Lipinski definition) is 14. The number of nitrogens with one attached hydrogen (secondary N) is 3. The Bertz CT molecular complexity index is 3040. The van der Waals surface area contributed by atoms with E-state index >= 15 is 0 Å². The van der Waals surface area contributed by atoms with Gasteiger partial charge in [-0.2, -0.15) is 4.98 Å². The molecular formula is C59H71FN9O6S-. The zero-order chi connectivity index (χ0) is 52.9. The van der Waals surface area contributed by atoms with E-state index in [1.165, 1.54) is 62.4 Å². The van der Waals surface area contributed by atoms with Crippen LogP contribution in [-0.4, -0.2) is 107 Å². The van der Waals surface area contributed by atoms with Crippen LogP contribution >= 0.6 is 11.9 Å². The number of piperazine rings is 1. The summed E-state index contributed by atoms with van der Waals surface area (Å²) >= 11 is 1.04.